The molecular formula is C17H20N2O3S. The summed E-state index contributed by atoms with van der Waals surface area (Å²) < 4.78 is 27.3. The van der Waals surface area contributed by atoms with E-state index in [4.69, 9.17) is 0 Å². The van der Waals surface area contributed by atoms with Gasteiger partial charge in [0.1, 0.15) is 0 Å². The van der Waals surface area contributed by atoms with Crippen LogP contribution in [0, 0.1) is 5.21 Å². The van der Waals surface area contributed by atoms with Crippen molar-refractivity contribution in [2.24, 2.45) is 0 Å². The Kier molecular flexibility index (Phi) is 5.05. The Hall–Kier alpha value is -2.34. The maximum atomic E-state index is 12.6. The fourth-order valence-corrected chi connectivity index (χ4v) is 3.15. The number of hydrogen-bond donors (Lipinski definition) is 0. The van der Waals surface area contributed by atoms with Crippen molar-refractivity contribution in [3.63, 3.8) is 0 Å². The van der Waals surface area contributed by atoms with Crippen molar-refractivity contribution in [2.45, 2.75) is 24.8 Å². The fourth-order valence-electron chi connectivity index (χ4n) is 1.96. The Morgan fingerprint density at radius 2 is 1.61 bits per heavy atom. The van der Waals surface area contributed by atoms with E-state index in [1.807, 2.05) is 6.07 Å². The van der Waals surface area contributed by atoms with Crippen LogP contribution in [0.25, 0.3) is 0 Å². The van der Waals surface area contributed by atoms with Gasteiger partial charge in [-0.15, -0.1) is 0 Å². The van der Waals surface area contributed by atoms with Gasteiger partial charge in [-0.05, 0) is 50.2 Å². The van der Waals surface area contributed by atoms with E-state index in [-0.39, 0.29) is 10.9 Å². The van der Waals surface area contributed by atoms with Crippen molar-refractivity contribution >= 4 is 21.9 Å². The van der Waals surface area contributed by atoms with Crippen LogP contribution in [0.3, 0.4) is 0 Å². The SMILES string of the molecule is CC(C)/[N+]([O-])=C/c1ccc(S(=O)(=O)N(C)c2ccccc2)cc1. The minimum Gasteiger partial charge on any atom is -0.624 e. The molecule has 0 aromatic heterocycles. The Bertz CT molecular complexity index is 782. The van der Waals surface area contributed by atoms with Gasteiger partial charge in [-0.3, -0.25) is 4.31 Å². The van der Waals surface area contributed by atoms with Crippen molar-refractivity contribution in [1.82, 2.24) is 0 Å². The van der Waals surface area contributed by atoms with Gasteiger partial charge in [0.2, 0.25) is 0 Å². The summed E-state index contributed by atoms with van der Waals surface area (Å²) in [5.41, 5.74) is 1.25. The molecule has 0 amide bonds. The third-order valence-corrected chi connectivity index (χ3v) is 5.24. The highest BCUT2D eigenvalue weighted by Crippen LogP contribution is 2.21. The monoisotopic (exact) mass is 332 g/mol. The number of hydroxylamine groups is 1. The number of rotatable bonds is 5. The van der Waals surface area contributed by atoms with Crippen LogP contribution in [0.1, 0.15) is 19.4 Å². The number of para-hydroxylation sites is 1. The van der Waals surface area contributed by atoms with E-state index < -0.39 is 10.0 Å². The molecular weight excluding hydrogens is 312 g/mol. The Balaban J connectivity index is 2.29. The molecule has 0 bridgehead atoms. The molecule has 2 rings (SSSR count). The van der Waals surface area contributed by atoms with Crippen LogP contribution in [0.2, 0.25) is 0 Å². The predicted octanol–water partition coefficient (Wildman–Crippen LogP) is 2.85. The van der Waals surface area contributed by atoms with Crippen LogP contribution in [-0.4, -0.2) is 32.5 Å². The molecule has 0 fully saturated rings. The molecule has 0 atom stereocenters. The summed E-state index contributed by atoms with van der Waals surface area (Å²) in [7, 11) is -2.11. The zero-order chi connectivity index (χ0) is 17.0. The molecule has 0 saturated heterocycles. The van der Waals surface area contributed by atoms with E-state index >= 15 is 0 Å². The average Bonchev–Trinajstić information content (AvgIpc) is 2.55. The minimum absolute atomic E-state index is 0.164. The summed E-state index contributed by atoms with van der Waals surface area (Å²) in [6.45, 7) is 3.58. The quantitative estimate of drug-likeness (QED) is 0.366. The van der Waals surface area contributed by atoms with Crippen molar-refractivity contribution in [1.29, 1.82) is 0 Å². The number of hydrogen-bond acceptors (Lipinski definition) is 3. The van der Waals surface area contributed by atoms with Gasteiger partial charge in [0.15, 0.2) is 12.3 Å². The van der Waals surface area contributed by atoms with Crippen molar-refractivity contribution in [2.75, 3.05) is 11.4 Å². The van der Waals surface area contributed by atoms with Crippen LogP contribution in [-0.2, 0) is 10.0 Å². The smallest absolute Gasteiger partial charge is 0.264 e. The normalized spacial score (nSPS) is 12.4. The highest BCUT2D eigenvalue weighted by atomic mass is 32.2. The topological polar surface area (TPSA) is 63.5 Å². The lowest BCUT2D eigenvalue weighted by atomic mass is 10.2. The number of nitrogens with zero attached hydrogens (tertiary/aromatic N) is 2. The fraction of sp³-hybridized carbons (Fsp3) is 0.235. The first kappa shape index (κ1) is 17.0. The Labute approximate surface area is 137 Å². The van der Waals surface area contributed by atoms with E-state index in [9.17, 15) is 13.6 Å². The van der Waals surface area contributed by atoms with E-state index in [1.165, 1.54) is 29.7 Å². The molecule has 6 heteroatoms. The molecule has 122 valence electrons. The molecule has 0 spiro atoms. The lowest BCUT2D eigenvalue weighted by Gasteiger charge is -2.19. The van der Waals surface area contributed by atoms with E-state index in [2.05, 4.69) is 0 Å². The summed E-state index contributed by atoms with van der Waals surface area (Å²) in [6, 6.07) is 15.0. The van der Waals surface area contributed by atoms with Gasteiger partial charge in [-0.1, -0.05) is 18.2 Å². The van der Waals surface area contributed by atoms with Gasteiger partial charge in [0.25, 0.3) is 10.0 Å². The van der Waals surface area contributed by atoms with E-state index in [0.29, 0.717) is 11.3 Å². The highest BCUT2D eigenvalue weighted by molar-refractivity contribution is 7.92. The van der Waals surface area contributed by atoms with Crippen LogP contribution >= 0.6 is 0 Å². The molecule has 2 aromatic rings. The van der Waals surface area contributed by atoms with E-state index in [0.717, 1.165) is 4.74 Å². The highest BCUT2D eigenvalue weighted by Gasteiger charge is 2.20. The van der Waals surface area contributed by atoms with Crippen LogP contribution in [0.5, 0.6) is 0 Å². The molecule has 0 aliphatic carbocycles. The second kappa shape index (κ2) is 6.83. The minimum atomic E-state index is -3.63. The van der Waals surface area contributed by atoms with Crippen LogP contribution < -0.4 is 4.31 Å². The van der Waals surface area contributed by atoms with Crippen LogP contribution in [0.4, 0.5) is 5.69 Å². The third kappa shape index (κ3) is 3.90. The number of anilines is 1. The summed E-state index contributed by atoms with van der Waals surface area (Å²) in [5.74, 6) is 0. The first-order valence-corrected chi connectivity index (χ1v) is 8.71. The molecule has 0 aliphatic heterocycles. The summed E-state index contributed by atoms with van der Waals surface area (Å²) in [6.07, 6.45) is 1.45. The molecule has 2 aromatic carbocycles. The van der Waals surface area contributed by atoms with Gasteiger partial charge >= 0.3 is 0 Å². The van der Waals surface area contributed by atoms with Crippen molar-refractivity contribution in [3.8, 4) is 0 Å². The largest absolute Gasteiger partial charge is 0.624 e. The summed E-state index contributed by atoms with van der Waals surface area (Å²) in [5, 5.41) is 11.6. The molecule has 23 heavy (non-hydrogen) atoms. The maximum Gasteiger partial charge on any atom is 0.264 e. The zero-order valence-corrected chi connectivity index (χ0v) is 14.2. The summed E-state index contributed by atoms with van der Waals surface area (Å²) >= 11 is 0. The molecule has 5 nitrogen and oxygen atoms in total. The molecule has 0 aliphatic rings. The van der Waals surface area contributed by atoms with Crippen LogP contribution in [0.15, 0.2) is 59.5 Å². The number of sulfonamides is 1. The third-order valence-electron chi connectivity index (χ3n) is 3.44. The number of benzene rings is 2. The van der Waals surface area contributed by atoms with Crippen molar-refractivity contribution < 1.29 is 13.2 Å². The second-order valence-electron chi connectivity index (χ2n) is 5.46. The maximum absolute atomic E-state index is 12.6. The standard InChI is InChI=1S/C17H20N2O3S/c1-14(2)19(20)13-15-9-11-17(12-10-15)23(21,22)18(3)16-7-5-4-6-8-16/h4-14H,1-3H3/b19-13-. The van der Waals surface area contributed by atoms with Gasteiger partial charge in [0.05, 0.1) is 10.6 Å². The Morgan fingerprint density at radius 3 is 2.13 bits per heavy atom. The molecule has 0 saturated carbocycles. The van der Waals surface area contributed by atoms with Gasteiger partial charge in [-0.25, -0.2) is 13.2 Å². The second-order valence-corrected chi connectivity index (χ2v) is 7.43. The van der Waals surface area contributed by atoms with Gasteiger partial charge < -0.3 is 5.21 Å². The van der Waals surface area contributed by atoms with Gasteiger partial charge in [-0.2, -0.15) is 0 Å². The zero-order valence-electron chi connectivity index (χ0n) is 13.4. The van der Waals surface area contributed by atoms with Crippen molar-refractivity contribution in [3.05, 3.63) is 65.4 Å². The molecule has 0 unspecified atom stereocenters. The molecule has 0 N–H and O–H groups in total. The Morgan fingerprint density at radius 1 is 1.04 bits per heavy atom. The lowest BCUT2D eigenvalue weighted by Crippen LogP contribution is -2.26. The van der Waals surface area contributed by atoms with E-state index in [1.54, 1.807) is 50.2 Å². The first-order valence-electron chi connectivity index (χ1n) is 7.27. The first-order chi connectivity index (χ1) is 10.8. The molecule has 0 radical (unpaired) electrons. The predicted molar refractivity (Wildman–Crippen MR) is 92.4 cm³/mol. The summed E-state index contributed by atoms with van der Waals surface area (Å²) in [4.78, 5) is 0.183. The average molecular weight is 332 g/mol. The van der Waals surface area contributed by atoms with Gasteiger partial charge in [0, 0.05) is 12.6 Å². The lowest BCUT2D eigenvalue weighted by molar-refractivity contribution is -0.487. The molecule has 0 heterocycles.